The second kappa shape index (κ2) is 25.8. The van der Waals surface area contributed by atoms with Crippen LogP contribution in [-0.2, 0) is 10.1 Å². The van der Waals surface area contributed by atoms with Crippen LogP contribution in [0.4, 0.5) is 0 Å². The van der Waals surface area contributed by atoms with Crippen molar-refractivity contribution in [2.45, 2.75) is 148 Å². The van der Waals surface area contributed by atoms with Crippen LogP contribution < -0.4 is 51.4 Å². The average molecular weight is 457 g/mol. The second-order valence-corrected chi connectivity index (χ2v) is 10.2. The molecule has 0 saturated heterocycles. The van der Waals surface area contributed by atoms with E-state index in [1.165, 1.54) is 122 Å². The van der Waals surface area contributed by atoms with Gasteiger partial charge in [-0.1, -0.05) is 142 Å². The molecule has 0 aromatic carbocycles. The van der Waals surface area contributed by atoms with E-state index in [9.17, 15) is 13.0 Å². The quantitative estimate of drug-likeness (QED) is 0.122. The fraction of sp³-hybridized carbons (Fsp3) is 1.00. The van der Waals surface area contributed by atoms with Gasteiger partial charge in [-0.2, -0.15) is 0 Å². The molecule has 0 amide bonds. The van der Waals surface area contributed by atoms with Gasteiger partial charge in [0.25, 0.3) is 0 Å². The Labute approximate surface area is 226 Å². The average Bonchev–Trinajstić information content (AvgIpc) is 2.65. The molecule has 0 fully saturated rings. The first kappa shape index (κ1) is 32.7. The molecule has 0 aliphatic heterocycles. The minimum atomic E-state index is -4.00. The molecular weight excluding hydrogens is 407 g/mol. The van der Waals surface area contributed by atoms with Gasteiger partial charge in [0.1, 0.15) is 0 Å². The molecule has 5 heteroatoms. The minimum absolute atomic E-state index is 0. The molecule has 0 aromatic heterocycles. The van der Waals surface area contributed by atoms with Crippen LogP contribution in [0.15, 0.2) is 0 Å². The van der Waals surface area contributed by atoms with Gasteiger partial charge in [0.2, 0.25) is 0 Å². The molecule has 0 bridgehead atoms. The summed E-state index contributed by atoms with van der Waals surface area (Å²) in [6.45, 7) is 2.28. The summed E-state index contributed by atoms with van der Waals surface area (Å²) >= 11 is 0. The first-order valence-corrected chi connectivity index (χ1v) is 14.1. The van der Waals surface area contributed by atoms with Crippen molar-refractivity contribution < 1.29 is 64.4 Å². The molecule has 0 aliphatic rings. The summed E-state index contributed by atoms with van der Waals surface area (Å²) in [4.78, 5) is 0. The third-order valence-corrected chi connectivity index (χ3v) is 6.54. The molecule has 0 heterocycles. The van der Waals surface area contributed by atoms with E-state index in [4.69, 9.17) is 0 Å². The van der Waals surface area contributed by atoms with Gasteiger partial charge < -0.3 is 4.55 Å². The van der Waals surface area contributed by atoms with E-state index in [-0.39, 0.29) is 57.1 Å². The van der Waals surface area contributed by atoms with Crippen LogP contribution in [0.2, 0.25) is 0 Å². The van der Waals surface area contributed by atoms with E-state index < -0.39 is 10.1 Å². The SMILES string of the molecule is CCCCCCCCCCCCCCCCCCCCCCCCS(=O)(=O)[O-].[K+]. The van der Waals surface area contributed by atoms with Gasteiger partial charge in [0.15, 0.2) is 0 Å². The van der Waals surface area contributed by atoms with Crippen molar-refractivity contribution >= 4 is 10.1 Å². The van der Waals surface area contributed by atoms with Crippen LogP contribution in [0, 0.1) is 0 Å². The van der Waals surface area contributed by atoms with Gasteiger partial charge in [-0.15, -0.1) is 0 Å². The Hall–Kier alpha value is 1.55. The Kier molecular flexibility index (Phi) is 29.1. The molecular formula is C24H49KO3S. The first-order valence-electron chi connectivity index (χ1n) is 12.5. The molecule has 0 spiro atoms. The van der Waals surface area contributed by atoms with Crippen molar-refractivity contribution in [2.24, 2.45) is 0 Å². The van der Waals surface area contributed by atoms with Gasteiger partial charge in [-0.05, 0) is 6.42 Å². The normalized spacial score (nSPS) is 11.5. The molecule has 0 unspecified atom stereocenters. The molecule has 0 saturated carbocycles. The van der Waals surface area contributed by atoms with Crippen LogP contribution in [-0.4, -0.2) is 18.7 Å². The van der Waals surface area contributed by atoms with Crippen molar-refractivity contribution in [1.29, 1.82) is 0 Å². The first-order chi connectivity index (χ1) is 13.6. The van der Waals surface area contributed by atoms with Gasteiger partial charge >= 0.3 is 51.4 Å². The topological polar surface area (TPSA) is 57.2 Å². The zero-order valence-corrected chi connectivity index (χ0v) is 23.8. The number of hydrogen-bond acceptors (Lipinski definition) is 3. The third kappa shape index (κ3) is 31.8. The van der Waals surface area contributed by atoms with Crippen molar-refractivity contribution in [3.05, 3.63) is 0 Å². The van der Waals surface area contributed by atoms with E-state index in [1.54, 1.807) is 0 Å². The van der Waals surface area contributed by atoms with Crippen LogP contribution in [0.25, 0.3) is 0 Å². The van der Waals surface area contributed by atoms with Crippen LogP contribution in [0.1, 0.15) is 148 Å². The Morgan fingerprint density at radius 3 is 0.862 bits per heavy atom. The molecule has 170 valence electrons. The number of hydrogen-bond donors (Lipinski definition) is 0. The maximum Gasteiger partial charge on any atom is 1.00 e. The molecule has 0 aliphatic carbocycles. The molecule has 0 aromatic rings. The van der Waals surface area contributed by atoms with E-state index in [0.717, 1.165) is 12.8 Å². The van der Waals surface area contributed by atoms with E-state index in [1.807, 2.05) is 0 Å². The molecule has 0 atom stereocenters. The number of unbranched alkanes of at least 4 members (excludes halogenated alkanes) is 21. The maximum atomic E-state index is 10.5. The molecule has 3 nitrogen and oxygen atoms in total. The fourth-order valence-corrected chi connectivity index (χ4v) is 4.45. The van der Waals surface area contributed by atoms with Gasteiger partial charge in [0, 0.05) is 5.75 Å². The summed E-state index contributed by atoms with van der Waals surface area (Å²) < 4.78 is 31.5. The molecule has 0 rings (SSSR count). The Bertz CT molecular complexity index is 399. The van der Waals surface area contributed by atoms with Crippen LogP contribution in [0.3, 0.4) is 0 Å². The monoisotopic (exact) mass is 456 g/mol. The molecule has 29 heavy (non-hydrogen) atoms. The number of rotatable bonds is 23. The predicted octanol–water partition coefficient (Wildman–Crippen LogP) is 5.14. The van der Waals surface area contributed by atoms with Gasteiger partial charge in [-0.25, -0.2) is 8.42 Å². The van der Waals surface area contributed by atoms with Crippen LogP contribution >= 0.6 is 0 Å². The summed E-state index contributed by atoms with van der Waals surface area (Å²) in [6, 6.07) is 0. The Morgan fingerprint density at radius 2 is 0.655 bits per heavy atom. The third-order valence-electron chi connectivity index (χ3n) is 5.75. The van der Waals surface area contributed by atoms with Crippen molar-refractivity contribution in [2.75, 3.05) is 5.75 Å². The van der Waals surface area contributed by atoms with E-state index in [0.29, 0.717) is 6.42 Å². The summed E-state index contributed by atoms with van der Waals surface area (Å²) in [6.07, 6.45) is 28.9. The van der Waals surface area contributed by atoms with Crippen LogP contribution in [0.5, 0.6) is 0 Å². The minimum Gasteiger partial charge on any atom is -0.748 e. The predicted molar refractivity (Wildman–Crippen MR) is 122 cm³/mol. The van der Waals surface area contributed by atoms with Gasteiger partial charge in [-0.3, -0.25) is 0 Å². The Morgan fingerprint density at radius 1 is 0.448 bits per heavy atom. The fourth-order valence-electron chi connectivity index (χ4n) is 3.89. The summed E-state index contributed by atoms with van der Waals surface area (Å²) in [5.74, 6) is -0.188. The second-order valence-electron chi connectivity index (χ2n) is 8.69. The van der Waals surface area contributed by atoms with E-state index in [2.05, 4.69) is 6.92 Å². The smallest absolute Gasteiger partial charge is 0.748 e. The Balaban J connectivity index is 0. The van der Waals surface area contributed by atoms with Gasteiger partial charge in [0.05, 0.1) is 10.1 Å². The summed E-state index contributed by atoms with van der Waals surface area (Å²) in [5.41, 5.74) is 0. The summed E-state index contributed by atoms with van der Waals surface area (Å²) in [7, 11) is -4.00. The zero-order chi connectivity index (χ0) is 20.8. The standard InChI is InChI=1S/C24H50O3S.K/c1-2-3-4-5-6-7-8-9-10-11-12-13-14-15-16-17-18-19-20-21-22-23-24-28(25,26)27;/h2-24H2,1H3,(H,25,26,27);/q;+1/p-1. The zero-order valence-electron chi connectivity index (χ0n) is 19.9. The maximum absolute atomic E-state index is 10.5. The van der Waals surface area contributed by atoms with Crippen molar-refractivity contribution in [3.63, 3.8) is 0 Å². The molecule has 0 radical (unpaired) electrons. The largest absolute Gasteiger partial charge is 1.00 e. The van der Waals surface area contributed by atoms with Crippen molar-refractivity contribution in [3.8, 4) is 0 Å². The van der Waals surface area contributed by atoms with Crippen molar-refractivity contribution in [1.82, 2.24) is 0 Å². The summed E-state index contributed by atoms with van der Waals surface area (Å²) in [5, 5.41) is 0. The van der Waals surface area contributed by atoms with E-state index >= 15 is 0 Å². The molecule has 0 N–H and O–H groups in total.